The number of piperazine rings is 1. The van der Waals surface area contributed by atoms with Gasteiger partial charge in [0.25, 0.3) is 0 Å². The Balaban J connectivity index is 1.27. The summed E-state index contributed by atoms with van der Waals surface area (Å²) in [6, 6.07) is 16.3. The normalized spacial score (nSPS) is 19.9. The third-order valence-electron chi connectivity index (χ3n) is 8.41. The molecule has 3 amide bonds. The Bertz CT molecular complexity index is 1310. The van der Waals surface area contributed by atoms with Gasteiger partial charge in [0.15, 0.2) is 0 Å². The molecule has 2 aromatic rings. The van der Waals surface area contributed by atoms with Crippen molar-refractivity contribution in [2.45, 2.75) is 30.9 Å². The zero-order valence-electron chi connectivity index (χ0n) is 23.3. The van der Waals surface area contributed by atoms with Crippen molar-refractivity contribution in [1.29, 1.82) is 0 Å². The molecule has 2 aromatic carbocycles. The molecule has 2 saturated heterocycles. The van der Waals surface area contributed by atoms with E-state index in [1.54, 1.807) is 9.80 Å². The van der Waals surface area contributed by atoms with E-state index >= 15 is 0 Å². The average Bonchev–Trinajstić information content (AvgIpc) is 3.28. The average molecular weight is 570 g/mol. The lowest BCUT2D eigenvalue weighted by atomic mass is 9.74. The van der Waals surface area contributed by atoms with E-state index in [1.807, 2.05) is 61.6 Å². The number of para-hydroxylation sites is 1. The SMILES string of the molecule is CN1CCN(C(=O)N[C@H](COCc2ccccc2)C(=O)N2CCC3(CC2)CN(S(C)(=O)=O)c2ccccc23)CC1. The van der Waals surface area contributed by atoms with E-state index in [1.165, 1.54) is 10.6 Å². The van der Waals surface area contributed by atoms with Crippen LogP contribution in [0.15, 0.2) is 54.6 Å². The zero-order valence-corrected chi connectivity index (χ0v) is 24.1. The predicted octanol–water partition coefficient (Wildman–Crippen LogP) is 1.87. The Labute approximate surface area is 236 Å². The molecule has 2 fully saturated rings. The molecule has 3 aliphatic rings. The molecule has 0 aromatic heterocycles. The van der Waals surface area contributed by atoms with Crippen LogP contribution < -0.4 is 9.62 Å². The Morgan fingerprint density at radius 2 is 1.57 bits per heavy atom. The summed E-state index contributed by atoms with van der Waals surface area (Å²) in [5.41, 5.74) is 2.42. The number of rotatable bonds is 7. The molecule has 0 aliphatic carbocycles. The number of hydrogen-bond donors (Lipinski definition) is 1. The van der Waals surface area contributed by atoms with Crippen molar-refractivity contribution in [3.63, 3.8) is 0 Å². The number of carbonyl (C=O) groups is 2. The van der Waals surface area contributed by atoms with Crippen LogP contribution in [0.5, 0.6) is 0 Å². The Hall–Kier alpha value is -3.15. The first-order valence-electron chi connectivity index (χ1n) is 13.9. The highest BCUT2D eigenvalue weighted by Crippen LogP contribution is 2.47. The Morgan fingerprint density at radius 1 is 0.925 bits per heavy atom. The van der Waals surface area contributed by atoms with Crippen LogP contribution in [-0.4, -0.2) is 107 Å². The van der Waals surface area contributed by atoms with Crippen molar-refractivity contribution in [3.8, 4) is 0 Å². The van der Waals surface area contributed by atoms with Crippen LogP contribution in [0.2, 0.25) is 0 Å². The van der Waals surface area contributed by atoms with Gasteiger partial charge in [-0.15, -0.1) is 0 Å². The lowest BCUT2D eigenvalue weighted by Gasteiger charge is -2.41. The summed E-state index contributed by atoms with van der Waals surface area (Å²) in [6.45, 7) is 4.54. The lowest BCUT2D eigenvalue weighted by Crippen LogP contribution is -2.58. The summed E-state index contributed by atoms with van der Waals surface area (Å²) < 4.78 is 32.5. The monoisotopic (exact) mass is 569 g/mol. The molecule has 3 heterocycles. The van der Waals surface area contributed by atoms with Gasteiger partial charge in [-0.25, -0.2) is 13.2 Å². The fourth-order valence-electron chi connectivity index (χ4n) is 5.98. The van der Waals surface area contributed by atoms with Gasteiger partial charge in [0, 0.05) is 51.2 Å². The second-order valence-corrected chi connectivity index (χ2v) is 13.1. The number of likely N-dealkylation sites (N-methyl/N-ethyl adjacent to an activating group) is 1. The fourth-order valence-corrected chi connectivity index (χ4v) is 6.98. The highest BCUT2D eigenvalue weighted by atomic mass is 32.2. The number of amides is 3. The molecule has 11 heteroatoms. The second-order valence-electron chi connectivity index (χ2n) is 11.2. The highest BCUT2D eigenvalue weighted by molar-refractivity contribution is 7.92. The van der Waals surface area contributed by atoms with Crippen molar-refractivity contribution in [3.05, 3.63) is 65.7 Å². The van der Waals surface area contributed by atoms with Gasteiger partial charge in [-0.2, -0.15) is 0 Å². The number of fused-ring (bicyclic) bond motifs is 2. The molecule has 10 nitrogen and oxygen atoms in total. The molecule has 216 valence electrons. The van der Waals surface area contributed by atoms with Gasteiger partial charge in [-0.1, -0.05) is 48.5 Å². The number of carbonyl (C=O) groups excluding carboxylic acids is 2. The molecular weight excluding hydrogens is 530 g/mol. The predicted molar refractivity (Wildman–Crippen MR) is 154 cm³/mol. The van der Waals surface area contributed by atoms with Gasteiger partial charge in [0.2, 0.25) is 15.9 Å². The smallest absolute Gasteiger partial charge is 0.318 e. The van der Waals surface area contributed by atoms with Crippen LogP contribution in [-0.2, 0) is 31.6 Å². The minimum absolute atomic E-state index is 0.0690. The molecule has 1 atom stereocenters. The van der Waals surface area contributed by atoms with E-state index in [2.05, 4.69) is 10.2 Å². The van der Waals surface area contributed by atoms with E-state index in [4.69, 9.17) is 4.74 Å². The van der Waals surface area contributed by atoms with Crippen LogP contribution in [0.4, 0.5) is 10.5 Å². The largest absolute Gasteiger partial charge is 0.374 e. The summed E-state index contributed by atoms with van der Waals surface area (Å²) in [4.78, 5) is 32.6. The molecule has 40 heavy (non-hydrogen) atoms. The number of nitrogens with one attached hydrogen (secondary N) is 1. The van der Waals surface area contributed by atoms with Gasteiger partial charge in [0.1, 0.15) is 6.04 Å². The minimum Gasteiger partial charge on any atom is -0.374 e. The van der Waals surface area contributed by atoms with E-state index in [9.17, 15) is 18.0 Å². The van der Waals surface area contributed by atoms with E-state index in [-0.39, 0.29) is 24.0 Å². The molecule has 0 radical (unpaired) electrons. The Morgan fingerprint density at radius 3 is 2.25 bits per heavy atom. The van der Waals surface area contributed by atoms with E-state index < -0.39 is 16.1 Å². The summed E-state index contributed by atoms with van der Waals surface area (Å²) >= 11 is 0. The summed E-state index contributed by atoms with van der Waals surface area (Å²) in [5.74, 6) is -0.170. The minimum atomic E-state index is -3.41. The first-order chi connectivity index (χ1) is 19.2. The standard InChI is InChI=1S/C29H39N5O5S/c1-31-16-18-33(19-17-31)28(36)30-25(21-39-20-23-8-4-3-5-9-23)27(35)32-14-12-29(13-15-32)22-34(40(2,37)38)26-11-7-6-10-24(26)29/h3-11,25H,12-22H2,1-2H3,(H,30,36)/t25-/m1/s1. The number of hydrogen-bond acceptors (Lipinski definition) is 6. The van der Waals surface area contributed by atoms with Crippen LogP contribution in [0.1, 0.15) is 24.0 Å². The van der Waals surface area contributed by atoms with Crippen LogP contribution in [0.3, 0.4) is 0 Å². The number of anilines is 1. The third-order valence-corrected chi connectivity index (χ3v) is 9.53. The summed E-state index contributed by atoms with van der Waals surface area (Å²) in [6.07, 6.45) is 2.53. The van der Waals surface area contributed by atoms with Crippen LogP contribution in [0.25, 0.3) is 0 Å². The molecule has 1 N–H and O–H groups in total. The van der Waals surface area contributed by atoms with Gasteiger partial charge in [-0.3, -0.25) is 9.10 Å². The number of urea groups is 1. The van der Waals surface area contributed by atoms with Gasteiger partial charge in [-0.05, 0) is 37.1 Å². The number of likely N-dealkylation sites (tertiary alicyclic amines) is 1. The number of nitrogens with zero attached hydrogens (tertiary/aromatic N) is 4. The van der Waals surface area contributed by atoms with Crippen molar-refractivity contribution in [2.75, 3.05) is 70.0 Å². The molecule has 1 spiro atoms. The van der Waals surface area contributed by atoms with E-state index in [0.717, 1.165) is 29.9 Å². The maximum absolute atomic E-state index is 13.8. The summed E-state index contributed by atoms with van der Waals surface area (Å²) in [7, 11) is -1.39. The highest BCUT2D eigenvalue weighted by Gasteiger charge is 2.48. The maximum atomic E-state index is 13.8. The number of piperidine rings is 1. The van der Waals surface area contributed by atoms with Crippen molar-refractivity contribution < 1.29 is 22.7 Å². The number of sulfonamides is 1. The van der Waals surface area contributed by atoms with Crippen LogP contribution in [0, 0.1) is 0 Å². The van der Waals surface area contributed by atoms with E-state index in [0.29, 0.717) is 52.2 Å². The molecule has 3 aliphatic heterocycles. The van der Waals surface area contributed by atoms with Crippen molar-refractivity contribution >= 4 is 27.6 Å². The molecule has 5 rings (SSSR count). The second kappa shape index (κ2) is 11.8. The third kappa shape index (κ3) is 6.11. The molecule has 0 unspecified atom stereocenters. The van der Waals surface area contributed by atoms with Crippen molar-refractivity contribution in [2.24, 2.45) is 0 Å². The van der Waals surface area contributed by atoms with Crippen LogP contribution >= 0.6 is 0 Å². The quantitative estimate of drug-likeness (QED) is 0.546. The molecular formula is C29H39N5O5S. The number of ether oxygens (including phenoxy) is 1. The maximum Gasteiger partial charge on any atom is 0.318 e. The van der Waals surface area contributed by atoms with Gasteiger partial charge in [0.05, 0.1) is 25.2 Å². The lowest BCUT2D eigenvalue weighted by molar-refractivity contribution is -0.136. The Kier molecular flexibility index (Phi) is 8.34. The molecule has 0 bridgehead atoms. The number of benzene rings is 2. The molecule has 0 saturated carbocycles. The summed E-state index contributed by atoms with van der Waals surface area (Å²) in [5, 5.41) is 2.95. The first kappa shape index (κ1) is 28.4. The topological polar surface area (TPSA) is 102 Å². The van der Waals surface area contributed by atoms with Crippen molar-refractivity contribution in [1.82, 2.24) is 20.0 Å². The first-order valence-corrected chi connectivity index (χ1v) is 15.7. The van der Waals surface area contributed by atoms with Gasteiger partial charge < -0.3 is 24.8 Å². The zero-order chi connectivity index (χ0) is 28.3. The van der Waals surface area contributed by atoms with Gasteiger partial charge >= 0.3 is 6.03 Å². The fraction of sp³-hybridized carbons (Fsp3) is 0.517.